The minimum atomic E-state index is 1.28. The van der Waals surface area contributed by atoms with Gasteiger partial charge in [0.1, 0.15) is 0 Å². The molecule has 1 heterocycles. The van der Waals surface area contributed by atoms with E-state index in [1.807, 2.05) is 0 Å². The molecule has 0 amide bonds. The number of para-hydroxylation sites is 2. The smallest absolute Gasteiger partial charge is 0.0519 e. The molecule has 0 fully saturated rings. The van der Waals surface area contributed by atoms with Crippen LogP contribution in [-0.4, -0.2) is 4.57 Å². The molecule has 1 heteroatoms. The van der Waals surface area contributed by atoms with Gasteiger partial charge in [-0.05, 0) is 19.1 Å². The largest absolute Gasteiger partial charge is 0.336 e. The van der Waals surface area contributed by atoms with E-state index in [4.69, 9.17) is 0 Å². The highest BCUT2D eigenvalue weighted by molar-refractivity contribution is 6.08. The van der Waals surface area contributed by atoms with Gasteiger partial charge >= 0.3 is 0 Å². The van der Waals surface area contributed by atoms with Gasteiger partial charge in [0.25, 0.3) is 0 Å². The molecular formula is C14H12N. The number of hydrogen-bond acceptors (Lipinski definition) is 0. The van der Waals surface area contributed by atoms with Crippen molar-refractivity contribution in [2.24, 2.45) is 0 Å². The summed E-state index contributed by atoms with van der Waals surface area (Å²) >= 11 is 0. The second-order valence-electron chi connectivity index (χ2n) is 3.66. The molecule has 1 aromatic heterocycles. The molecule has 0 atom stereocenters. The molecular weight excluding hydrogens is 182 g/mol. The van der Waals surface area contributed by atoms with Crippen LogP contribution in [0.4, 0.5) is 0 Å². The lowest BCUT2D eigenvalue weighted by molar-refractivity contribution is 1.05. The van der Waals surface area contributed by atoms with Crippen LogP contribution >= 0.6 is 0 Å². The van der Waals surface area contributed by atoms with Crippen LogP contribution in [0.5, 0.6) is 0 Å². The molecule has 3 rings (SSSR count). The highest BCUT2D eigenvalue weighted by atomic mass is 15.0. The zero-order valence-corrected chi connectivity index (χ0v) is 8.64. The fraction of sp³-hybridized carbons (Fsp3) is 0.0714. The van der Waals surface area contributed by atoms with Gasteiger partial charge in [-0.15, -0.1) is 0 Å². The molecule has 0 saturated carbocycles. The van der Waals surface area contributed by atoms with Crippen molar-refractivity contribution in [2.75, 3.05) is 0 Å². The Hall–Kier alpha value is -1.76. The van der Waals surface area contributed by atoms with Crippen molar-refractivity contribution in [2.45, 2.75) is 6.92 Å². The third kappa shape index (κ3) is 1.09. The van der Waals surface area contributed by atoms with Crippen LogP contribution in [0.25, 0.3) is 21.8 Å². The maximum absolute atomic E-state index is 2.24. The Balaban J connectivity index is 2.62. The van der Waals surface area contributed by atoms with E-state index in [-0.39, 0.29) is 0 Å². The number of rotatable bonds is 1. The van der Waals surface area contributed by atoms with Gasteiger partial charge in [-0.25, -0.2) is 0 Å². The van der Waals surface area contributed by atoms with E-state index < -0.39 is 0 Å². The minimum Gasteiger partial charge on any atom is -0.336 e. The third-order valence-corrected chi connectivity index (χ3v) is 2.88. The normalized spacial score (nSPS) is 11.3. The molecule has 0 aliphatic rings. The second-order valence-corrected chi connectivity index (χ2v) is 3.66. The lowest BCUT2D eigenvalue weighted by atomic mass is 10.2. The zero-order chi connectivity index (χ0) is 10.3. The Morgan fingerprint density at radius 1 is 0.800 bits per heavy atom. The van der Waals surface area contributed by atoms with Gasteiger partial charge in [-0.3, -0.25) is 0 Å². The minimum absolute atomic E-state index is 1.28. The summed E-state index contributed by atoms with van der Waals surface area (Å²) < 4.78 is 2.24. The number of fused-ring (bicyclic) bond motifs is 3. The van der Waals surface area contributed by atoms with E-state index in [2.05, 4.69) is 66.6 Å². The molecule has 2 aromatic carbocycles. The summed E-state index contributed by atoms with van der Waals surface area (Å²) in [5, 5.41) is 2.65. The molecule has 0 aliphatic carbocycles. The Labute approximate surface area is 88.9 Å². The van der Waals surface area contributed by atoms with E-state index >= 15 is 0 Å². The molecule has 0 N–H and O–H groups in total. The van der Waals surface area contributed by atoms with Crippen LogP contribution in [0.1, 0.15) is 6.92 Å². The Kier molecular flexibility index (Phi) is 1.78. The second kappa shape index (κ2) is 3.13. The van der Waals surface area contributed by atoms with Gasteiger partial charge in [0, 0.05) is 21.8 Å². The van der Waals surface area contributed by atoms with Gasteiger partial charge in [-0.1, -0.05) is 36.4 Å². The number of hydrogen-bond donors (Lipinski definition) is 0. The summed E-state index contributed by atoms with van der Waals surface area (Å²) in [5.41, 5.74) is 2.56. The monoisotopic (exact) mass is 194 g/mol. The topological polar surface area (TPSA) is 4.93 Å². The van der Waals surface area contributed by atoms with Crippen LogP contribution in [0.2, 0.25) is 0 Å². The molecule has 1 radical (unpaired) electrons. The first-order valence-electron chi connectivity index (χ1n) is 5.19. The van der Waals surface area contributed by atoms with Crippen molar-refractivity contribution in [3.05, 3.63) is 55.1 Å². The van der Waals surface area contributed by atoms with Crippen LogP contribution in [0, 0.1) is 6.54 Å². The van der Waals surface area contributed by atoms with Gasteiger partial charge in [0.15, 0.2) is 0 Å². The van der Waals surface area contributed by atoms with Gasteiger partial charge in [0.2, 0.25) is 0 Å². The van der Waals surface area contributed by atoms with Crippen molar-refractivity contribution >= 4 is 21.8 Å². The van der Waals surface area contributed by atoms with Gasteiger partial charge in [-0.2, -0.15) is 0 Å². The summed E-state index contributed by atoms with van der Waals surface area (Å²) in [7, 11) is 0. The Morgan fingerprint density at radius 3 is 1.73 bits per heavy atom. The molecule has 0 unspecified atom stereocenters. The fourth-order valence-electron chi connectivity index (χ4n) is 2.23. The van der Waals surface area contributed by atoms with Crippen LogP contribution in [0.15, 0.2) is 48.5 Å². The molecule has 73 valence electrons. The van der Waals surface area contributed by atoms with Gasteiger partial charge < -0.3 is 4.57 Å². The fourth-order valence-corrected chi connectivity index (χ4v) is 2.23. The van der Waals surface area contributed by atoms with Crippen LogP contribution in [0.3, 0.4) is 0 Å². The molecule has 1 nitrogen and oxygen atoms in total. The van der Waals surface area contributed by atoms with Crippen molar-refractivity contribution in [1.29, 1.82) is 0 Å². The first-order valence-corrected chi connectivity index (χ1v) is 5.19. The maximum Gasteiger partial charge on any atom is 0.0519 e. The summed E-state index contributed by atoms with van der Waals surface area (Å²) in [6.07, 6.45) is 0. The third-order valence-electron chi connectivity index (χ3n) is 2.88. The summed E-state index contributed by atoms with van der Waals surface area (Å²) in [4.78, 5) is 0. The van der Waals surface area contributed by atoms with Crippen LogP contribution < -0.4 is 0 Å². The predicted octanol–water partition coefficient (Wildman–Crippen LogP) is 3.82. The lowest BCUT2D eigenvalue weighted by Crippen LogP contribution is -1.89. The van der Waals surface area contributed by atoms with Crippen LogP contribution in [-0.2, 0) is 0 Å². The zero-order valence-electron chi connectivity index (χ0n) is 8.64. The summed E-state index contributed by atoms with van der Waals surface area (Å²) in [6, 6.07) is 17.0. The molecule has 3 aromatic rings. The van der Waals surface area contributed by atoms with Crippen molar-refractivity contribution in [3.63, 3.8) is 0 Å². The highest BCUT2D eigenvalue weighted by Gasteiger charge is 2.07. The first kappa shape index (κ1) is 8.54. The van der Waals surface area contributed by atoms with E-state index in [1.165, 1.54) is 21.8 Å². The highest BCUT2D eigenvalue weighted by Crippen LogP contribution is 2.28. The van der Waals surface area contributed by atoms with Gasteiger partial charge in [0.05, 0.1) is 6.54 Å². The average Bonchev–Trinajstić information content (AvgIpc) is 2.63. The maximum atomic E-state index is 2.24. The lowest BCUT2D eigenvalue weighted by Gasteiger charge is -2.00. The van der Waals surface area contributed by atoms with Crippen molar-refractivity contribution in [3.8, 4) is 0 Å². The molecule has 0 aliphatic heterocycles. The number of benzene rings is 2. The predicted molar refractivity (Wildman–Crippen MR) is 64.8 cm³/mol. The van der Waals surface area contributed by atoms with E-state index in [9.17, 15) is 0 Å². The van der Waals surface area contributed by atoms with E-state index in [1.54, 1.807) is 0 Å². The van der Waals surface area contributed by atoms with E-state index in [0.717, 1.165) is 0 Å². The standard InChI is InChI=1S/C14H12N/c1-2-15-13-9-5-3-7-11(13)12-8-4-6-10-14(12)15/h2-10H,1H3. The first-order chi connectivity index (χ1) is 7.42. The molecule has 0 saturated heterocycles. The number of aromatic nitrogens is 1. The summed E-state index contributed by atoms with van der Waals surface area (Å²) in [5.74, 6) is 0. The SMILES string of the molecule is C[CH]n1c2ccccc2c2ccccc21. The Bertz CT molecular complexity index is 566. The van der Waals surface area contributed by atoms with Crippen molar-refractivity contribution in [1.82, 2.24) is 4.57 Å². The molecule has 15 heavy (non-hydrogen) atoms. The molecule has 0 bridgehead atoms. The van der Waals surface area contributed by atoms with E-state index in [0.29, 0.717) is 0 Å². The van der Waals surface area contributed by atoms with Crippen molar-refractivity contribution < 1.29 is 0 Å². The molecule has 0 spiro atoms. The summed E-state index contributed by atoms with van der Waals surface area (Å²) in [6.45, 7) is 4.18. The average molecular weight is 194 g/mol. The quantitative estimate of drug-likeness (QED) is 0.555. The number of nitrogens with zero attached hydrogens (tertiary/aromatic N) is 1. The Morgan fingerprint density at radius 2 is 1.27 bits per heavy atom.